The molecule has 6 heteroatoms. The van der Waals surface area contributed by atoms with Gasteiger partial charge in [0.15, 0.2) is 0 Å². The van der Waals surface area contributed by atoms with E-state index in [1.165, 1.54) is 6.07 Å². The van der Waals surface area contributed by atoms with Gasteiger partial charge in [-0.15, -0.1) is 0 Å². The molecule has 1 aromatic rings. The van der Waals surface area contributed by atoms with E-state index in [0.29, 0.717) is 17.3 Å². The summed E-state index contributed by atoms with van der Waals surface area (Å²) in [6.45, 7) is 5.64. The summed E-state index contributed by atoms with van der Waals surface area (Å²) in [4.78, 5) is 14.2. The third kappa shape index (κ3) is 3.85. The second kappa shape index (κ2) is 6.92. The quantitative estimate of drug-likeness (QED) is 0.678. The van der Waals surface area contributed by atoms with Crippen LogP contribution in [0, 0.1) is 0 Å². The number of nitrogens with two attached hydrogens (primary N) is 1. The number of morpholine rings is 1. The van der Waals surface area contributed by atoms with Crippen LogP contribution in [-0.2, 0) is 9.47 Å². The minimum atomic E-state index is -0.473. The summed E-state index contributed by atoms with van der Waals surface area (Å²) in [5.41, 5.74) is 6.41. The van der Waals surface area contributed by atoms with Crippen molar-refractivity contribution >= 4 is 23.3 Å². The van der Waals surface area contributed by atoms with Crippen LogP contribution < -0.4 is 5.73 Å². The fraction of sp³-hybridized carbons (Fsp3) is 0.500. The number of anilines is 1. The van der Waals surface area contributed by atoms with Crippen molar-refractivity contribution in [1.82, 2.24) is 4.90 Å². The first-order chi connectivity index (χ1) is 9.60. The molecule has 0 aliphatic carbocycles. The molecule has 1 unspecified atom stereocenters. The summed E-state index contributed by atoms with van der Waals surface area (Å²) in [7, 11) is 0. The smallest absolute Gasteiger partial charge is 0.339 e. The molecular formula is C14H19ClN2O3. The van der Waals surface area contributed by atoms with E-state index in [1.54, 1.807) is 12.1 Å². The van der Waals surface area contributed by atoms with Crippen molar-refractivity contribution in [2.45, 2.75) is 13.0 Å². The first-order valence-electron chi connectivity index (χ1n) is 6.66. The summed E-state index contributed by atoms with van der Waals surface area (Å²) >= 11 is 5.96. The summed E-state index contributed by atoms with van der Waals surface area (Å²) < 4.78 is 10.8. The largest absolute Gasteiger partial charge is 0.459 e. The van der Waals surface area contributed by atoms with E-state index in [2.05, 4.69) is 11.8 Å². The number of halogens is 1. The zero-order valence-electron chi connectivity index (χ0n) is 11.5. The van der Waals surface area contributed by atoms with Gasteiger partial charge in [-0.1, -0.05) is 18.5 Å². The van der Waals surface area contributed by atoms with Crippen molar-refractivity contribution in [2.24, 2.45) is 0 Å². The van der Waals surface area contributed by atoms with Crippen LogP contribution in [0.4, 0.5) is 5.69 Å². The number of esters is 1. The Labute approximate surface area is 123 Å². The standard InChI is InChI=1S/C14H19ClN2O3/c1-2-17-5-6-19-11(8-17)9-20-14(18)12-7-10(16)3-4-13(12)15/h3-4,7,11H,2,5-6,8-9,16H2,1H3. The highest BCUT2D eigenvalue weighted by Gasteiger charge is 2.21. The Morgan fingerprint density at radius 2 is 2.40 bits per heavy atom. The van der Waals surface area contributed by atoms with Crippen LogP contribution in [0.3, 0.4) is 0 Å². The molecule has 0 aromatic heterocycles. The molecule has 1 aliphatic heterocycles. The first kappa shape index (κ1) is 15.1. The van der Waals surface area contributed by atoms with Gasteiger partial charge in [-0.25, -0.2) is 4.79 Å². The summed E-state index contributed by atoms with van der Waals surface area (Å²) in [5, 5.41) is 0.337. The Morgan fingerprint density at radius 3 is 3.15 bits per heavy atom. The molecule has 0 spiro atoms. The highest BCUT2D eigenvalue weighted by atomic mass is 35.5. The molecule has 0 saturated carbocycles. The lowest BCUT2D eigenvalue weighted by Crippen LogP contribution is -2.44. The third-order valence-corrected chi connectivity index (χ3v) is 3.61. The van der Waals surface area contributed by atoms with Crippen LogP contribution in [-0.4, -0.2) is 49.8 Å². The molecule has 0 bridgehead atoms. The van der Waals surface area contributed by atoms with E-state index in [0.717, 1.165) is 19.6 Å². The highest BCUT2D eigenvalue weighted by Crippen LogP contribution is 2.20. The average molecular weight is 299 g/mol. The van der Waals surface area contributed by atoms with Crippen molar-refractivity contribution in [2.75, 3.05) is 38.6 Å². The normalized spacial score (nSPS) is 19.8. The maximum absolute atomic E-state index is 12.0. The lowest BCUT2D eigenvalue weighted by molar-refractivity contribution is -0.0578. The predicted molar refractivity (Wildman–Crippen MR) is 78.0 cm³/mol. The number of rotatable bonds is 4. The van der Waals surface area contributed by atoms with E-state index in [-0.39, 0.29) is 18.3 Å². The Hall–Kier alpha value is -1.30. The van der Waals surface area contributed by atoms with Gasteiger partial charge in [-0.05, 0) is 24.7 Å². The van der Waals surface area contributed by atoms with E-state index < -0.39 is 5.97 Å². The molecule has 1 atom stereocenters. The topological polar surface area (TPSA) is 64.8 Å². The molecule has 2 rings (SSSR count). The Morgan fingerprint density at radius 1 is 1.60 bits per heavy atom. The fourth-order valence-electron chi connectivity index (χ4n) is 2.11. The zero-order chi connectivity index (χ0) is 14.5. The summed E-state index contributed by atoms with van der Waals surface area (Å²) in [6, 6.07) is 4.75. The molecule has 1 fully saturated rings. The number of hydrogen-bond acceptors (Lipinski definition) is 5. The Balaban J connectivity index is 1.90. The number of benzene rings is 1. The number of carbonyl (C=O) groups is 1. The molecule has 0 radical (unpaired) electrons. The van der Waals surface area contributed by atoms with Crippen molar-refractivity contribution in [3.63, 3.8) is 0 Å². The number of nitrogens with zero attached hydrogens (tertiary/aromatic N) is 1. The number of carbonyl (C=O) groups excluding carboxylic acids is 1. The number of ether oxygens (including phenoxy) is 2. The van der Waals surface area contributed by atoms with Crippen LogP contribution in [0.25, 0.3) is 0 Å². The van der Waals surface area contributed by atoms with Gasteiger partial charge < -0.3 is 15.2 Å². The Kier molecular flexibility index (Phi) is 5.23. The van der Waals surface area contributed by atoms with E-state index in [1.807, 2.05) is 0 Å². The highest BCUT2D eigenvalue weighted by molar-refractivity contribution is 6.33. The van der Waals surface area contributed by atoms with Crippen molar-refractivity contribution in [3.8, 4) is 0 Å². The van der Waals surface area contributed by atoms with Gasteiger partial charge in [0, 0.05) is 18.8 Å². The van der Waals surface area contributed by atoms with Crippen molar-refractivity contribution in [1.29, 1.82) is 0 Å². The Bertz CT molecular complexity index is 481. The predicted octanol–water partition coefficient (Wildman–Crippen LogP) is 1.80. The molecule has 1 aromatic carbocycles. The number of nitrogen functional groups attached to an aromatic ring is 1. The number of likely N-dealkylation sites (N-methyl/N-ethyl adjacent to an activating group) is 1. The maximum atomic E-state index is 12.0. The third-order valence-electron chi connectivity index (χ3n) is 3.28. The monoisotopic (exact) mass is 298 g/mol. The van der Waals surface area contributed by atoms with Gasteiger partial charge in [0.05, 0.1) is 17.2 Å². The second-order valence-corrected chi connectivity index (χ2v) is 5.13. The van der Waals surface area contributed by atoms with Crippen LogP contribution >= 0.6 is 11.6 Å². The van der Waals surface area contributed by atoms with Gasteiger partial charge in [-0.3, -0.25) is 4.90 Å². The van der Waals surface area contributed by atoms with Gasteiger partial charge in [0.25, 0.3) is 0 Å². The van der Waals surface area contributed by atoms with Crippen LogP contribution in [0.1, 0.15) is 17.3 Å². The number of hydrogen-bond donors (Lipinski definition) is 1. The molecule has 5 nitrogen and oxygen atoms in total. The molecule has 1 aliphatic rings. The summed E-state index contributed by atoms with van der Waals surface area (Å²) in [6.07, 6.45) is -0.0903. The van der Waals surface area contributed by atoms with Gasteiger partial charge >= 0.3 is 5.97 Å². The van der Waals surface area contributed by atoms with Gasteiger partial charge in [-0.2, -0.15) is 0 Å². The fourth-order valence-corrected chi connectivity index (χ4v) is 2.31. The lowest BCUT2D eigenvalue weighted by atomic mass is 10.2. The molecular weight excluding hydrogens is 280 g/mol. The molecule has 20 heavy (non-hydrogen) atoms. The molecule has 0 amide bonds. The lowest BCUT2D eigenvalue weighted by Gasteiger charge is -2.31. The minimum Gasteiger partial charge on any atom is -0.459 e. The molecule has 110 valence electrons. The second-order valence-electron chi connectivity index (χ2n) is 4.72. The maximum Gasteiger partial charge on any atom is 0.339 e. The SMILES string of the molecule is CCN1CCOC(COC(=O)c2cc(N)ccc2Cl)C1. The van der Waals surface area contributed by atoms with Crippen molar-refractivity contribution in [3.05, 3.63) is 28.8 Å². The molecule has 2 N–H and O–H groups in total. The van der Waals surface area contributed by atoms with Crippen molar-refractivity contribution < 1.29 is 14.3 Å². The molecule has 1 saturated heterocycles. The van der Waals surface area contributed by atoms with Crippen LogP contribution in [0.2, 0.25) is 5.02 Å². The minimum absolute atomic E-state index is 0.0903. The summed E-state index contributed by atoms with van der Waals surface area (Å²) in [5.74, 6) is -0.473. The average Bonchev–Trinajstić information content (AvgIpc) is 2.47. The van der Waals surface area contributed by atoms with E-state index in [9.17, 15) is 4.79 Å². The zero-order valence-corrected chi connectivity index (χ0v) is 12.2. The van der Waals surface area contributed by atoms with Gasteiger partial charge in [0.2, 0.25) is 0 Å². The van der Waals surface area contributed by atoms with E-state index in [4.69, 9.17) is 26.8 Å². The van der Waals surface area contributed by atoms with Crippen LogP contribution in [0.5, 0.6) is 0 Å². The van der Waals surface area contributed by atoms with E-state index >= 15 is 0 Å². The van der Waals surface area contributed by atoms with Gasteiger partial charge in [0.1, 0.15) is 12.7 Å². The molecule has 1 heterocycles. The van der Waals surface area contributed by atoms with Crippen LogP contribution in [0.15, 0.2) is 18.2 Å². The first-order valence-corrected chi connectivity index (χ1v) is 7.04.